The van der Waals surface area contributed by atoms with Gasteiger partial charge in [0.2, 0.25) is 0 Å². The third-order valence-corrected chi connectivity index (χ3v) is 3.99. The van der Waals surface area contributed by atoms with E-state index in [1.165, 1.54) is 5.56 Å². The average molecular weight is 290 g/mol. The number of nitrogens with two attached hydrogens (primary N) is 1. The van der Waals surface area contributed by atoms with E-state index in [-0.39, 0.29) is 6.61 Å². The standard InChI is InChI=1S/C17H20ClNO/c1-13-4-2-6-15(8-13)17(11-19,12-20)10-14-5-3-7-16(18)9-14/h2-9,20H,10-12,19H2,1H3. The van der Waals surface area contributed by atoms with Crippen LogP contribution < -0.4 is 5.73 Å². The van der Waals surface area contributed by atoms with Crippen LogP contribution in [0, 0.1) is 6.92 Å². The van der Waals surface area contributed by atoms with Crippen molar-refractivity contribution in [1.82, 2.24) is 0 Å². The monoisotopic (exact) mass is 289 g/mol. The van der Waals surface area contributed by atoms with Crippen LogP contribution in [0.2, 0.25) is 5.02 Å². The number of aryl methyl sites for hydroxylation is 1. The number of aliphatic hydroxyl groups excluding tert-OH is 1. The molecule has 0 saturated heterocycles. The van der Waals surface area contributed by atoms with E-state index in [4.69, 9.17) is 17.3 Å². The molecule has 0 aliphatic carbocycles. The molecule has 0 heterocycles. The predicted octanol–water partition coefficient (Wildman–Crippen LogP) is 3.08. The van der Waals surface area contributed by atoms with Crippen molar-refractivity contribution in [2.75, 3.05) is 13.2 Å². The summed E-state index contributed by atoms with van der Waals surface area (Å²) in [6, 6.07) is 15.9. The zero-order valence-electron chi connectivity index (χ0n) is 11.6. The summed E-state index contributed by atoms with van der Waals surface area (Å²) in [6.45, 7) is 2.44. The highest BCUT2D eigenvalue weighted by Crippen LogP contribution is 2.29. The van der Waals surface area contributed by atoms with Crippen molar-refractivity contribution in [3.05, 3.63) is 70.2 Å². The minimum Gasteiger partial charge on any atom is -0.395 e. The van der Waals surface area contributed by atoms with Gasteiger partial charge in [-0.15, -0.1) is 0 Å². The van der Waals surface area contributed by atoms with Crippen LogP contribution >= 0.6 is 11.6 Å². The van der Waals surface area contributed by atoms with E-state index in [2.05, 4.69) is 6.07 Å². The molecular weight excluding hydrogens is 270 g/mol. The van der Waals surface area contributed by atoms with Crippen LogP contribution in [0.5, 0.6) is 0 Å². The molecule has 0 saturated carbocycles. The molecule has 3 heteroatoms. The molecule has 2 aromatic rings. The lowest BCUT2D eigenvalue weighted by atomic mass is 9.76. The van der Waals surface area contributed by atoms with Crippen LogP contribution in [0.4, 0.5) is 0 Å². The van der Waals surface area contributed by atoms with Crippen LogP contribution in [-0.2, 0) is 11.8 Å². The Bertz CT molecular complexity index is 579. The average Bonchev–Trinajstić information content (AvgIpc) is 2.45. The third-order valence-electron chi connectivity index (χ3n) is 3.76. The van der Waals surface area contributed by atoms with E-state index in [0.717, 1.165) is 11.1 Å². The molecule has 106 valence electrons. The Morgan fingerprint density at radius 1 is 1.15 bits per heavy atom. The number of rotatable bonds is 5. The molecule has 1 atom stereocenters. The summed E-state index contributed by atoms with van der Waals surface area (Å²) in [4.78, 5) is 0. The first-order valence-electron chi connectivity index (χ1n) is 6.72. The number of hydrogen-bond acceptors (Lipinski definition) is 2. The van der Waals surface area contributed by atoms with E-state index < -0.39 is 5.41 Å². The lowest BCUT2D eigenvalue weighted by Crippen LogP contribution is -2.41. The molecule has 3 N–H and O–H groups in total. The van der Waals surface area contributed by atoms with Gasteiger partial charge in [-0.3, -0.25) is 0 Å². The van der Waals surface area contributed by atoms with Crippen molar-refractivity contribution < 1.29 is 5.11 Å². The van der Waals surface area contributed by atoms with Crippen molar-refractivity contribution in [2.45, 2.75) is 18.8 Å². The Hall–Kier alpha value is -1.35. The Labute approximate surface area is 125 Å². The quantitative estimate of drug-likeness (QED) is 0.888. The van der Waals surface area contributed by atoms with Gasteiger partial charge in [-0.05, 0) is 36.6 Å². The Kier molecular flexibility index (Phi) is 4.81. The van der Waals surface area contributed by atoms with E-state index in [0.29, 0.717) is 18.0 Å². The molecule has 2 nitrogen and oxygen atoms in total. The van der Waals surface area contributed by atoms with Crippen molar-refractivity contribution in [2.24, 2.45) is 5.73 Å². The van der Waals surface area contributed by atoms with Crippen LogP contribution in [0.1, 0.15) is 16.7 Å². The second kappa shape index (κ2) is 6.40. The fourth-order valence-electron chi connectivity index (χ4n) is 2.52. The van der Waals surface area contributed by atoms with Crippen molar-refractivity contribution >= 4 is 11.6 Å². The lowest BCUT2D eigenvalue weighted by molar-refractivity contribution is 0.196. The molecule has 0 amide bonds. The number of benzene rings is 2. The van der Waals surface area contributed by atoms with Gasteiger partial charge in [0.1, 0.15) is 0 Å². The predicted molar refractivity (Wildman–Crippen MR) is 84.2 cm³/mol. The van der Waals surface area contributed by atoms with Crippen molar-refractivity contribution in [1.29, 1.82) is 0 Å². The summed E-state index contributed by atoms with van der Waals surface area (Å²) < 4.78 is 0. The Morgan fingerprint density at radius 3 is 2.50 bits per heavy atom. The van der Waals surface area contributed by atoms with Gasteiger partial charge >= 0.3 is 0 Å². The summed E-state index contributed by atoms with van der Waals surface area (Å²) in [6.07, 6.45) is 0.671. The second-order valence-corrected chi connectivity index (χ2v) is 5.76. The van der Waals surface area contributed by atoms with Crippen LogP contribution in [0.25, 0.3) is 0 Å². The fraction of sp³-hybridized carbons (Fsp3) is 0.294. The zero-order valence-corrected chi connectivity index (χ0v) is 12.4. The van der Waals surface area contributed by atoms with Gasteiger partial charge in [0.15, 0.2) is 0 Å². The van der Waals surface area contributed by atoms with Gasteiger partial charge in [-0.1, -0.05) is 53.6 Å². The van der Waals surface area contributed by atoms with Gasteiger partial charge in [0.25, 0.3) is 0 Å². The molecule has 2 rings (SSSR count). The molecule has 1 unspecified atom stereocenters. The van der Waals surface area contributed by atoms with Gasteiger partial charge in [-0.2, -0.15) is 0 Å². The third kappa shape index (κ3) is 3.21. The van der Waals surface area contributed by atoms with Crippen LogP contribution in [0.15, 0.2) is 48.5 Å². The second-order valence-electron chi connectivity index (χ2n) is 5.32. The summed E-state index contributed by atoms with van der Waals surface area (Å²) in [5.74, 6) is 0. The number of halogens is 1. The first kappa shape index (κ1) is 15.0. The molecule has 0 aromatic heterocycles. The van der Waals surface area contributed by atoms with E-state index in [1.54, 1.807) is 0 Å². The van der Waals surface area contributed by atoms with E-state index >= 15 is 0 Å². The maximum atomic E-state index is 9.94. The highest BCUT2D eigenvalue weighted by atomic mass is 35.5. The van der Waals surface area contributed by atoms with Gasteiger partial charge in [0.05, 0.1) is 6.61 Å². The maximum absolute atomic E-state index is 9.94. The van der Waals surface area contributed by atoms with E-state index in [1.807, 2.05) is 49.4 Å². The minimum absolute atomic E-state index is 0.0134. The van der Waals surface area contributed by atoms with Crippen molar-refractivity contribution in [3.8, 4) is 0 Å². The Balaban J connectivity index is 2.39. The van der Waals surface area contributed by atoms with Gasteiger partial charge in [0, 0.05) is 17.0 Å². The summed E-state index contributed by atoms with van der Waals surface area (Å²) in [5.41, 5.74) is 8.85. The van der Waals surface area contributed by atoms with Gasteiger partial charge < -0.3 is 10.8 Å². The smallest absolute Gasteiger partial charge is 0.0543 e. The molecular formula is C17H20ClNO. The summed E-state index contributed by atoms with van der Waals surface area (Å²) in [7, 11) is 0. The summed E-state index contributed by atoms with van der Waals surface area (Å²) >= 11 is 6.04. The number of aliphatic hydroxyl groups is 1. The molecule has 0 aliphatic rings. The topological polar surface area (TPSA) is 46.2 Å². The molecule has 0 radical (unpaired) electrons. The zero-order chi connectivity index (χ0) is 14.6. The minimum atomic E-state index is -0.462. The lowest BCUT2D eigenvalue weighted by Gasteiger charge is -2.31. The SMILES string of the molecule is Cc1cccc(C(CN)(CO)Cc2cccc(Cl)c2)c1. The largest absolute Gasteiger partial charge is 0.395 e. The molecule has 0 bridgehead atoms. The van der Waals surface area contributed by atoms with E-state index in [9.17, 15) is 5.11 Å². The van der Waals surface area contributed by atoms with Gasteiger partial charge in [-0.25, -0.2) is 0 Å². The fourth-order valence-corrected chi connectivity index (χ4v) is 2.73. The maximum Gasteiger partial charge on any atom is 0.0543 e. The molecule has 0 spiro atoms. The van der Waals surface area contributed by atoms with Crippen LogP contribution in [-0.4, -0.2) is 18.3 Å². The van der Waals surface area contributed by atoms with Crippen LogP contribution in [0.3, 0.4) is 0 Å². The molecule has 0 aliphatic heterocycles. The van der Waals surface area contributed by atoms with Crippen molar-refractivity contribution in [3.63, 3.8) is 0 Å². The first-order chi connectivity index (χ1) is 9.59. The number of hydrogen-bond donors (Lipinski definition) is 2. The molecule has 0 fully saturated rings. The Morgan fingerprint density at radius 2 is 1.90 bits per heavy atom. The molecule has 2 aromatic carbocycles. The first-order valence-corrected chi connectivity index (χ1v) is 7.10. The normalized spacial score (nSPS) is 14.0. The summed E-state index contributed by atoms with van der Waals surface area (Å²) in [5, 5.41) is 10.6. The highest BCUT2D eigenvalue weighted by Gasteiger charge is 2.30. The highest BCUT2D eigenvalue weighted by molar-refractivity contribution is 6.30. The molecule has 20 heavy (non-hydrogen) atoms.